The van der Waals surface area contributed by atoms with Crippen molar-refractivity contribution in [1.82, 2.24) is 9.21 Å². The smallest absolute Gasteiger partial charge is 0.304 e. The largest absolute Gasteiger partial charge is 0.481 e. The first-order valence-electron chi connectivity index (χ1n) is 12.8. The van der Waals surface area contributed by atoms with Gasteiger partial charge in [0.05, 0.1) is 24.1 Å². The topological polar surface area (TPSA) is 95.0 Å². The Balaban J connectivity index is 1.92. The Morgan fingerprint density at radius 2 is 1.79 bits per heavy atom. The molecule has 7 nitrogen and oxygen atoms in total. The van der Waals surface area contributed by atoms with Crippen LogP contribution in [0.25, 0.3) is 0 Å². The maximum absolute atomic E-state index is 14.4. The molecule has 0 radical (unpaired) electrons. The van der Waals surface area contributed by atoms with E-state index in [9.17, 15) is 23.1 Å². The number of carbonyl (C=O) groups excluding carboxylic acids is 1. The monoisotopic (exact) mass is 580 g/mol. The van der Waals surface area contributed by atoms with Crippen molar-refractivity contribution in [1.29, 1.82) is 0 Å². The normalized spacial score (nSPS) is 25.0. The second-order valence-electron chi connectivity index (χ2n) is 10.8. The number of carboxylic acids is 1. The Morgan fingerprint density at radius 3 is 2.32 bits per heavy atom. The van der Waals surface area contributed by atoms with Crippen LogP contribution in [0.3, 0.4) is 0 Å². The second kappa shape index (κ2) is 11.2. The lowest BCUT2D eigenvalue weighted by molar-refractivity contribution is -0.161. The number of carbonyl (C=O) groups is 2. The highest BCUT2D eigenvalue weighted by atomic mass is 35.5. The number of nitrogens with zero attached hydrogens (tertiary/aromatic N) is 2. The molecule has 38 heavy (non-hydrogen) atoms. The summed E-state index contributed by atoms with van der Waals surface area (Å²) in [4.78, 5) is 28.2. The van der Waals surface area contributed by atoms with Gasteiger partial charge >= 0.3 is 5.97 Å². The summed E-state index contributed by atoms with van der Waals surface area (Å²) in [5, 5.41) is 10.9. The van der Waals surface area contributed by atoms with Gasteiger partial charge in [-0.2, -0.15) is 0 Å². The summed E-state index contributed by atoms with van der Waals surface area (Å²) in [6, 6.07) is 13.9. The molecule has 2 aromatic rings. The van der Waals surface area contributed by atoms with E-state index in [0.717, 1.165) is 24.0 Å². The van der Waals surface area contributed by atoms with Crippen molar-refractivity contribution < 1.29 is 23.1 Å². The first-order chi connectivity index (χ1) is 17.8. The SMILES string of the molecule is CCN(CC(C1CC1)N1C(=O)C(C)(CC(=O)O)CC(c2cccc(Cl)c2)C1c1ccc(Cl)cc1)S(C)(=O)=O. The van der Waals surface area contributed by atoms with Crippen LogP contribution in [-0.2, 0) is 19.6 Å². The zero-order valence-corrected chi connectivity index (χ0v) is 24.1. The van der Waals surface area contributed by atoms with Gasteiger partial charge in [0.2, 0.25) is 15.9 Å². The summed E-state index contributed by atoms with van der Waals surface area (Å²) in [6.45, 7) is 3.92. The number of rotatable bonds is 10. The highest BCUT2D eigenvalue weighted by Crippen LogP contribution is 2.54. The van der Waals surface area contributed by atoms with Crippen molar-refractivity contribution in [2.24, 2.45) is 11.3 Å². The third-order valence-electron chi connectivity index (χ3n) is 7.87. The maximum atomic E-state index is 14.4. The van der Waals surface area contributed by atoms with Crippen LogP contribution in [0.5, 0.6) is 0 Å². The van der Waals surface area contributed by atoms with E-state index >= 15 is 0 Å². The lowest BCUT2D eigenvalue weighted by Gasteiger charge is -2.52. The number of sulfonamides is 1. The van der Waals surface area contributed by atoms with E-state index in [0.29, 0.717) is 16.5 Å². The van der Waals surface area contributed by atoms with Crippen LogP contribution in [0.2, 0.25) is 10.0 Å². The average molecular weight is 582 g/mol. The Morgan fingerprint density at radius 1 is 1.13 bits per heavy atom. The molecule has 206 valence electrons. The summed E-state index contributed by atoms with van der Waals surface area (Å²) < 4.78 is 26.6. The number of benzene rings is 2. The van der Waals surface area contributed by atoms with Crippen molar-refractivity contribution in [2.75, 3.05) is 19.3 Å². The number of hydrogen-bond donors (Lipinski definition) is 1. The standard InChI is InChI=1S/C28H34Cl2N2O5S/c1-4-31(38(3,36)37)17-24(18-8-9-18)32-26(19-10-12-21(29)13-11-19)23(20-6-5-7-22(30)14-20)15-28(2,27(32)35)16-25(33)34/h5-7,10-14,18,23-24,26H,4,8-9,15-17H2,1-3H3,(H,33,34). The molecule has 1 saturated carbocycles. The van der Waals surface area contributed by atoms with E-state index in [4.69, 9.17) is 23.2 Å². The van der Waals surface area contributed by atoms with Crippen LogP contribution < -0.4 is 0 Å². The first kappa shape index (κ1) is 28.9. The lowest BCUT2D eigenvalue weighted by atomic mass is 9.67. The van der Waals surface area contributed by atoms with Gasteiger partial charge in [-0.15, -0.1) is 0 Å². The molecule has 2 aromatic carbocycles. The van der Waals surface area contributed by atoms with Crippen LogP contribution in [0, 0.1) is 11.3 Å². The Bertz CT molecular complexity index is 1300. The van der Waals surface area contributed by atoms with Gasteiger partial charge in [-0.3, -0.25) is 9.59 Å². The molecule has 2 fully saturated rings. The van der Waals surface area contributed by atoms with E-state index in [-0.39, 0.29) is 37.3 Å². The molecule has 10 heteroatoms. The minimum Gasteiger partial charge on any atom is -0.481 e. The Hall–Kier alpha value is -2.13. The fraction of sp³-hybridized carbons (Fsp3) is 0.500. The summed E-state index contributed by atoms with van der Waals surface area (Å²) in [5.41, 5.74) is 0.575. The molecule has 4 rings (SSSR count). The van der Waals surface area contributed by atoms with Gasteiger partial charge in [-0.25, -0.2) is 12.7 Å². The number of piperidine rings is 1. The number of hydrogen-bond acceptors (Lipinski definition) is 4. The number of likely N-dealkylation sites (N-methyl/N-ethyl adjacent to an activating group) is 1. The molecule has 1 aliphatic heterocycles. The van der Waals surface area contributed by atoms with Crippen LogP contribution in [0.4, 0.5) is 0 Å². The van der Waals surface area contributed by atoms with Crippen molar-refractivity contribution in [3.8, 4) is 0 Å². The molecule has 0 spiro atoms. The van der Waals surface area contributed by atoms with Crippen LogP contribution in [0.1, 0.15) is 62.6 Å². The zero-order chi connectivity index (χ0) is 27.8. The van der Waals surface area contributed by atoms with Gasteiger partial charge in [0, 0.05) is 35.1 Å². The number of amides is 1. The van der Waals surface area contributed by atoms with Crippen molar-refractivity contribution in [3.05, 3.63) is 69.7 Å². The van der Waals surface area contributed by atoms with Gasteiger partial charge in [-0.1, -0.05) is 61.3 Å². The summed E-state index contributed by atoms with van der Waals surface area (Å²) in [7, 11) is -3.51. The minimum atomic E-state index is -3.51. The van der Waals surface area contributed by atoms with Gasteiger partial charge in [0.15, 0.2) is 0 Å². The number of aliphatic carboxylic acids is 1. The molecule has 1 amide bonds. The second-order valence-corrected chi connectivity index (χ2v) is 13.7. The van der Waals surface area contributed by atoms with Crippen molar-refractivity contribution in [2.45, 2.75) is 57.5 Å². The molecular weight excluding hydrogens is 547 g/mol. The van der Waals surface area contributed by atoms with Gasteiger partial charge in [0.1, 0.15) is 0 Å². The Kier molecular flexibility index (Phi) is 8.48. The Labute approximate surface area is 234 Å². The molecule has 0 aromatic heterocycles. The van der Waals surface area contributed by atoms with E-state index in [1.165, 1.54) is 10.6 Å². The highest BCUT2D eigenvalue weighted by molar-refractivity contribution is 7.88. The molecule has 0 bridgehead atoms. The highest BCUT2D eigenvalue weighted by Gasteiger charge is 2.54. The van der Waals surface area contributed by atoms with E-state index in [1.54, 1.807) is 32.0 Å². The van der Waals surface area contributed by atoms with Crippen LogP contribution >= 0.6 is 23.2 Å². The van der Waals surface area contributed by atoms with Gasteiger partial charge < -0.3 is 10.0 Å². The van der Waals surface area contributed by atoms with E-state index in [2.05, 4.69) is 0 Å². The maximum Gasteiger partial charge on any atom is 0.304 e. The molecule has 1 N–H and O–H groups in total. The third kappa shape index (κ3) is 6.19. The predicted octanol–water partition coefficient (Wildman–Crippen LogP) is 5.59. The molecule has 2 aliphatic rings. The minimum absolute atomic E-state index is 0.122. The number of halogens is 2. The molecular formula is C28H34Cl2N2O5S. The lowest BCUT2D eigenvalue weighted by Crippen LogP contribution is -2.59. The van der Waals surface area contributed by atoms with Crippen molar-refractivity contribution in [3.63, 3.8) is 0 Å². The summed E-state index contributed by atoms with van der Waals surface area (Å²) in [5.74, 6) is -1.47. The number of likely N-dealkylation sites (tertiary alicyclic amines) is 1. The summed E-state index contributed by atoms with van der Waals surface area (Å²) >= 11 is 12.6. The fourth-order valence-electron chi connectivity index (χ4n) is 5.90. The van der Waals surface area contributed by atoms with Crippen LogP contribution in [-0.4, -0.2) is 60.0 Å². The molecule has 1 saturated heterocycles. The van der Waals surface area contributed by atoms with Crippen LogP contribution in [0.15, 0.2) is 48.5 Å². The van der Waals surface area contributed by atoms with E-state index in [1.807, 2.05) is 35.2 Å². The van der Waals surface area contributed by atoms with Gasteiger partial charge in [0.25, 0.3) is 0 Å². The third-order valence-corrected chi connectivity index (χ3v) is 9.70. The molecule has 1 heterocycles. The van der Waals surface area contributed by atoms with Crippen molar-refractivity contribution >= 4 is 45.1 Å². The number of carboxylic acid groups (broad SMARTS) is 1. The van der Waals surface area contributed by atoms with E-state index < -0.39 is 33.5 Å². The summed E-state index contributed by atoms with van der Waals surface area (Å²) in [6.07, 6.45) is 2.91. The fourth-order valence-corrected chi connectivity index (χ4v) is 7.11. The zero-order valence-electron chi connectivity index (χ0n) is 21.8. The predicted molar refractivity (Wildman–Crippen MR) is 149 cm³/mol. The first-order valence-corrected chi connectivity index (χ1v) is 15.4. The quantitative estimate of drug-likeness (QED) is 0.395. The van der Waals surface area contributed by atoms with Gasteiger partial charge in [-0.05, 0) is 60.6 Å². The molecule has 1 aliphatic carbocycles. The average Bonchev–Trinajstić information content (AvgIpc) is 3.66. The molecule has 4 unspecified atom stereocenters. The molecule has 4 atom stereocenters.